The minimum atomic E-state index is 0. The lowest BCUT2D eigenvalue weighted by Crippen LogP contribution is -2.46. The Labute approximate surface area is 171 Å². The quantitative estimate of drug-likeness (QED) is 0.387. The van der Waals surface area contributed by atoms with E-state index >= 15 is 0 Å². The second-order valence-electron chi connectivity index (χ2n) is 6.44. The highest BCUT2D eigenvalue weighted by Crippen LogP contribution is 2.25. The van der Waals surface area contributed by atoms with Gasteiger partial charge < -0.3 is 15.5 Å². The number of hydrogen-bond donors (Lipinski definition) is 2. The molecule has 142 valence electrons. The number of carbonyl (C=O) groups excluding carboxylic acids is 1. The minimum Gasteiger partial charge on any atom is -0.354 e. The number of rotatable bonds is 5. The molecule has 2 atom stereocenters. The van der Waals surface area contributed by atoms with Crippen LogP contribution in [0, 0.1) is 5.92 Å². The number of aliphatic imine (C=N–C) groups is 1. The van der Waals surface area contributed by atoms with Crippen LogP contribution in [0.15, 0.2) is 11.2 Å². The third-order valence-electron chi connectivity index (χ3n) is 4.39. The number of guanidine groups is 1. The lowest BCUT2D eigenvalue weighted by Gasteiger charge is -2.31. The van der Waals surface area contributed by atoms with E-state index in [9.17, 15) is 4.79 Å². The molecule has 0 bridgehead atoms. The van der Waals surface area contributed by atoms with Gasteiger partial charge in [0.05, 0.1) is 6.54 Å². The van der Waals surface area contributed by atoms with Crippen molar-refractivity contribution in [2.75, 3.05) is 21.1 Å². The topological polar surface area (TPSA) is 69.6 Å². The summed E-state index contributed by atoms with van der Waals surface area (Å²) in [5.41, 5.74) is 0. The van der Waals surface area contributed by atoms with Gasteiger partial charge in [-0.15, -0.1) is 35.3 Å². The van der Waals surface area contributed by atoms with Crippen LogP contribution in [0.4, 0.5) is 0 Å². The van der Waals surface area contributed by atoms with E-state index in [1.54, 1.807) is 23.3 Å². The van der Waals surface area contributed by atoms with E-state index in [1.165, 1.54) is 4.88 Å². The lowest BCUT2D eigenvalue weighted by molar-refractivity contribution is -0.134. The molecule has 1 aliphatic rings. The standard InChI is InChI=1S/C17H29N5OS.HI/c1-5-14-10-19-15(24-14)11-20-17(18-2)21-13-8-6-7-12(9-13)16(23)22(3)4;/h10,12-13H,5-9,11H2,1-4H3,(H2,18,20,21);1H. The maximum absolute atomic E-state index is 12.2. The molecule has 1 amide bonds. The van der Waals surface area contributed by atoms with Crippen LogP contribution >= 0.6 is 35.3 Å². The largest absolute Gasteiger partial charge is 0.354 e. The Bertz CT molecular complexity index is 575. The summed E-state index contributed by atoms with van der Waals surface area (Å²) in [6, 6.07) is 0.293. The van der Waals surface area contributed by atoms with Gasteiger partial charge in [0, 0.05) is 44.2 Å². The second-order valence-corrected chi connectivity index (χ2v) is 7.64. The zero-order valence-electron chi connectivity index (χ0n) is 15.5. The predicted molar refractivity (Wildman–Crippen MR) is 115 cm³/mol. The van der Waals surface area contributed by atoms with Crippen molar-refractivity contribution < 1.29 is 4.79 Å². The van der Waals surface area contributed by atoms with Crippen molar-refractivity contribution in [2.24, 2.45) is 10.9 Å². The monoisotopic (exact) mass is 479 g/mol. The molecule has 2 N–H and O–H groups in total. The molecule has 1 aromatic heterocycles. The Morgan fingerprint density at radius 1 is 1.44 bits per heavy atom. The third kappa shape index (κ3) is 6.73. The van der Waals surface area contributed by atoms with E-state index in [-0.39, 0.29) is 35.8 Å². The molecule has 8 heteroatoms. The highest BCUT2D eigenvalue weighted by Gasteiger charge is 2.28. The molecule has 1 fully saturated rings. The molecule has 25 heavy (non-hydrogen) atoms. The van der Waals surface area contributed by atoms with E-state index < -0.39 is 0 Å². The number of nitrogens with one attached hydrogen (secondary N) is 2. The van der Waals surface area contributed by atoms with Crippen LogP contribution in [0.2, 0.25) is 0 Å². The van der Waals surface area contributed by atoms with Crippen LogP contribution in [0.3, 0.4) is 0 Å². The number of aromatic nitrogens is 1. The van der Waals surface area contributed by atoms with Gasteiger partial charge in [0.25, 0.3) is 0 Å². The Hall–Kier alpha value is -0.900. The fourth-order valence-electron chi connectivity index (χ4n) is 3.05. The van der Waals surface area contributed by atoms with Gasteiger partial charge in [-0.3, -0.25) is 9.79 Å². The van der Waals surface area contributed by atoms with Crippen molar-refractivity contribution in [3.63, 3.8) is 0 Å². The molecule has 0 aromatic carbocycles. The second kappa shape index (κ2) is 10.9. The minimum absolute atomic E-state index is 0. The zero-order valence-corrected chi connectivity index (χ0v) is 18.7. The molecular formula is C17H30IN5OS. The summed E-state index contributed by atoms with van der Waals surface area (Å²) >= 11 is 1.73. The molecule has 1 heterocycles. The summed E-state index contributed by atoms with van der Waals surface area (Å²) in [5, 5.41) is 7.86. The van der Waals surface area contributed by atoms with E-state index in [2.05, 4.69) is 27.5 Å². The number of thiazole rings is 1. The van der Waals surface area contributed by atoms with Gasteiger partial charge in [-0.2, -0.15) is 0 Å². The number of carbonyl (C=O) groups is 1. The molecule has 0 spiro atoms. The van der Waals surface area contributed by atoms with Gasteiger partial charge in [-0.25, -0.2) is 4.98 Å². The van der Waals surface area contributed by atoms with Crippen LogP contribution in [-0.4, -0.2) is 48.9 Å². The third-order valence-corrected chi connectivity index (χ3v) is 5.53. The predicted octanol–water partition coefficient (Wildman–Crippen LogP) is 2.64. The smallest absolute Gasteiger partial charge is 0.225 e. The maximum atomic E-state index is 12.2. The number of aryl methyl sites for hydroxylation is 1. The molecule has 0 saturated heterocycles. The highest BCUT2D eigenvalue weighted by atomic mass is 127. The Morgan fingerprint density at radius 3 is 2.80 bits per heavy atom. The van der Waals surface area contributed by atoms with Crippen LogP contribution in [0.25, 0.3) is 0 Å². The van der Waals surface area contributed by atoms with Crippen molar-refractivity contribution >= 4 is 47.2 Å². The highest BCUT2D eigenvalue weighted by molar-refractivity contribution is 14.0. The zero-order chi connectivity index (χ0) is 17.5. The van der Waals surface area contributed by atoms with Crippen LogP contribution in [0.5, 0.6) is 0 Å². The van der Waals surface area contributed by atoms with Crippen LogP contribution in [-0.2, 0) is 17.8 Å². The molecule has 1 aromatic rings. The van der Waals surface area contributed by atoms with Gasteiger partial charge in [-0.05, 0) is 25.7 Å². The van der Waals surface area contributed by atoms with Gasteiger partial charge in [0.15, 0.2) is 5.96 Å². The molecule has 1 aliphatic carbocycles. The number of nitrogens with zero attached hydrogens (tertiary/aromatic N) is 3. The van der Waals surface area contributed by atoms with E-state index in [0.717, 1.165) is 43.1 Å². The van der Waals surface area contributed by atoms with Crippen molar-refractivity contribution in [1.82, 2.24) is 20.5 Å². The first-order valence-electron chi connectivity index (χ1n) is 8.65. The number of amides is 1. The number of hydrogen-bond acceptors (Lipinski definition) is 4. The average molecular weight is 479 g/mol. The molecule has 2 unspecified atom stereocenters. The molecule has 6 nitrogen and oxygen atoms in total. The summed E-state index contributed by atoms with van der Waals surface area (Å²) in [6.45, 7) is 2.82. The first-order valence-corrected chi connectivity index (χ1v) is 9.47. The SMILES string of the molecule is CCc1cnc(CNC(=NC)NC2CCCC(C(=O)N(C)C)C2)s1.I. The van der Waals surface area contributed by atoms with Crippen LogP contribution in [0.1, 0.15) is 42.5 Å². The van der Waals surface area contributed by atoms with E-state index in [0.29, 0.717) is 12.6 Å². The van der Waals surface area contributed by atoms with Crippen molar-refractivity contribution in [3.05, 3.63) is 16.1 Å². The Kier molecular flexibility index (Phi) is 9.70. The molecule has 1 saturated carbocycles. The lowest BCUT2D eigenvalue weighted by atomic mass is 9.85. The summed E-state index contributed by atoms with van der Waals surface area (Å²) < 4.78 is 0. The Balaban J connectivity index is 0.00000312. The first kappa shape index (κ1) is 22.1. The Morgan fingerprint density at radius 2 is 2.20 bits per heavy atom. The average Bonchev–Trinajstić information content (AvgIpc) is 3.06. The van der Waals surface area contributed by atoms with E-state index in [1.807, 2.05) is 20.3 Å². The fraction of sp³-hybridized carbons (Fsp3) is 0.706. The van der Waals surface area contributed by atoms with Gasteiger partial charge in [0.2, 0.25) is 5.91 Å². The maximum Gasteiger partial charge on any atom is 0.225 e. The number of halogens is 1. The molecular weight excluding hydrogens is 449 g/mol. The summed E-state index contributed by atoms with van der Waals surface area (Å²) in [5.74, 6) is 1.14. The fourth-order valence-corrected chi connectivity index (χ4v) is 3.85. The summed E-state index contributed by atoms with van der Waals surface area (Å²) in [6.07, 6.45) is 6.97. The van der Waals surface area contributed by atoms with Crippen molar-refractivity contribution in [3.8, 4) is 0 Å². The van der Waals surface area contributed by atoms with Gasteiger partial charge in [-0.1, -0.05) is 13.3 Å². The van der Waals surface area contributed by atoms with Gasteiger partial charge in [0.1, 0.15) is 5.01 Å². The molecule has 0 aliphatic heterocycles. The van der Waals surface area contributed by atoms with Crippen LogP contribution < -0.4 is 10.6 Å². The van der Waals surface area contributed by atoms with Gasteiger partial charge >= 0.3 is 0 Å². The first-order chi connectivity index (χ1) is 11.5. The van der Waals surface area contributed by atoms with Crippen molar-refractivity contribution in [2.45, 2.75) is 51.6 Å². The normalized spacial score (nSPS) is 20.6. The molecule has 2 rings (SSSR count). The molecule has 0 radical (unpaired) electrons. The summed E-state index contributed by atoms with van der Waals surface area (Å²) in [7, 11) is 5.44. The van der Waals surface area contributed by atoms with E-state index in [4.69, 9.17) is 0 Å². The van der Waals surface area contributed by atoms with Crippen molar-refractivity contribution in [1.29, 1.82) is 0 Å². The summed E-state index contributed by atoms with van der Waals surface area (Å²) in [4.78, 5) is 23.9.